The number of carbonyl (C=O) groups excluding carboxylic acids is 2. The first-order valence-electron chi connectivity index (χ1n) is 10.5. The van der Waals surface area contributed by atoms with E-state index in [4.69, 9.17) is 4.84 Å². The fourth-order valence-electron chi connectivity index (χ4n) is 6.96. The van der Waals surface area contributed by atoms with E-state index in [2.05, 4.69) is 23.0 Å². The van der Waals surface area contributed by atoms with Crippen molar-refractivity contribution in [2.45, 2.75) is 52.1 Å². The van der Waals surface area contributed by atoms with E-state index in [0.29, 0.717) is 18.0 Å². The number of hydrogen-bond donors (Lipinski definition) is 1. The van der Waals surface area contributed by atoms with Gasteiger partial charge in [-0.2, -0.15) is 0 Å². The predicted molar refractivity (Wildman–Crippen MR) is 116 cm³/mol. The molecule has 0 aliphatic heterocycles. The summed E-state index contributed by atoms with van der Waals surface area (Å²) in [4.78, 5) is 33.5. The zero-order chi connectivity index (χ0) is 21.4. The highest BCUT2D eigenvalue weighted by atomic mass is 127. The quantitative estimate of drug-likeness (QED) is 0.284. The number of rotatable bonds is 3. The van der Waals surface area contributed by atoms with Crippen molar-refractivity contribution < 1.29 is 19.5 Å². The minimum Gasteiger partial charge on any atom is -0.392 e. The Labute approximate surface area is 189 Å². The molecule has 1 spiro atoms. The lowest BCUT2D eigenvalue weighted by atomic mass is 9.61. The molecule has 1 unspecified atom stereocenters. The predicted octanol–water partition coefficient (Wildman–Crippen LogP) is 2.81. The minimum absolute atomic E-state index is 0.110. The Morgan fingerprint density at radius 2 is 2.17 bits per heavy atom. The van der Waals surface area contributed by atoms with Crippen LogP contribution in [-0.4, -0.2) is 36.1 Å². The van der Waals surface area contributed by atoms with Gasteiger partial charge in [-0.15, -0.1) is 5.10 Å². The molecule has 4 aliphatic carbocycles. The fourth-order valence-corrected chi connectivity index (χ4v) is 7.65. The third-order valence-electron chi connectivity index (χ3n) is 8.42. The molecule has 1 aromatic heterocycles. The molecule has 2 bridgehead atoms. The summed E-state index contributed by atoms with van der Waals surface area (Å²) in [5.41, 5.74) is 1.66. The van der Waals surface area contributed by atoms with E-state index in [1.54, 1.807) is 29.5 Å². The number of fused-ring (bicyclic) bond motifs is 3. The molecule has 1 aromatic rings. The summed E-state index contributed by atoms with van der Waals surface area (Å²) in [6.07, 6.45) is 6.96. The molecule has 8 heteroatoms. The Bertz CT molecular complexity index is 987. The Morgan fingerprint density at radius 1 is 1.40 bits per heavy atom. The van der Waals surface area contributed by atoms with E-state index in [1.165, 1.54) is 17.3 Å². The van der Waals surface area contributed by atoms with Gasteiger partial charge in [-0.3, -0.25) is 4.79 Å². The number of aliphatic hydroxyl groups excluding tert-OH is 1. The molecule has 1 heterocycles. The van der Waals surface area contributed by atoms with Crippen molar-refractivity contribution in [2.24, 2.45) is 34.5 Å². The Kier molecular flexibility index (Phi) is 4.56. The zero-order valence-corrected chi connectivity index (χ0v) is 19.3. The number of aliphatic hydroxyl groups is 1. The van der Waals surface area contributed by atoms with Gasteiger partial charge in [-0.25, -0.2) is 4.79 Å². The van der Waals surface area contributed by atoms with Crippen LogP contribution in [0.15, 0.2) is 30.0 Å². The van der Waals surface area contributed by atoms with Crippen LogP contribution in [0, 0.1) is 41.4 Å². The van der Waals surface area contributed by atoms with E-state index in [0.717, 1.165) is 30.5 Å². The van der Waals surface area contributed by atoms with Crippen molar-refractivity contribution in [1.29, 1.82) is 0 Å². The molecule has 160 valence electrons. The van der Waals surface area contributed by atoms with Crippen molar-refractivity contribution in [1.82, 2.24) is 15.2 Å². The second-order valence-electron chi connectivity index (χ2n) is 9.73. The Morgan fingerprint density at radius 3 is 2.83 bits per heavy atom. The van der Waals surface area contributed by atoms with Crippen LogP contribution >= 0.6 is 22.6 Å². The second kappa shape index (κ2) is 6.72. The van der Waals surface area contributed by atoms with Gasteiger partial charge in [0.2, 0.25) is 3.79 Å². The maximum Gasteiger partial charge on any atom is 0.339 e. The second-order valence-corrected chi connectivity index (χ2v) is 10.7. The topological polar surface area (TPSA) is 94.3 Å². The van der Waals surface area contributed by atoms with Gasteiger partial charge in [0.1, 0.15) is 0 Å². The third kappa shape index (κ3) is 2.52. The summed E-state index contributed by atoms with van der Waals surface area (Å²) >= 11 is 1.79. The summed E-state index contributed by atoms with van der Waals surface area (Å²) in [7, 11) is 0. The van der Waals surface area contributed by atoms with Crippen LogP contribution in [0.4, 0.5) is 0 Å². The zero-order valence-electron chi connectivity index (χ0n) is 17.2. The molecule has 0 radical (unpaired) electrons. The lowest BCUT2D eigenvalue weighted by Gasteiger charge is -2.43. The lowest BCUT2D eigenvalue weighted by Crippen LogP contribution is -2.52. The molecule has 0 amide bonds. The van der Waals surface area contributed by atoms with Crippen LogP contribution in [0.25, 0.3) is 0 Å². The van der Waals surface area contributed by atoms with Crippen LogP contribution in [0.2, 0.25) is 0 Å². The summed E-state index contributed by atoms with van der Waals surface area (Å²) in [6.45, 7) is 7.91. The smallest absolute Gasteiger partial charge is 0.339 e. The van der Waals surface area contributed by atoms with Crippen LogP contribution in [0.5, 0.6) is 0 Å². The van der Waals surface area contributed by atoms with Gasteiger partial charge in [0.15, 0.2) is 0 Å². The maximum absolute atomic E-state index is 13.7. The van der Waals surface area contributed by atoms with Crippen molar-refractivity contribution >= 4 is 32.4 Å². The normalized spacial score (nSPS) is 41.8. The number of aryl methyl sites for hydroxylation is 1. The van der Waals surface area contributed by atoms with Crippen molar-refractivity contribution in [3.8, 4) is 0 Å². The monoisotopic (exact) mass is 523 g/mol. The van der Waals surface area contributed by atoms with Gasteiger partial charge in [-0.1, -0.05) is 28.6 Å². The maximum atomic E-state index is 13.7. The molecule has 7 atom stereocenters. The molecule has 5 rings (SSSR count). The molecule has 30 heavy (non-hydrogen) atoms. The highest BCUT2D eigenvalue weighted by molar-refractivity contribution is 14.1. The molecule has 3 fully saturated rings. The Hall–Kier alpha value is -1.55. The minimum atomic E-state index is -1.03. The van der Waals surface area contributed by atoms with Gasteiger partial charge >= 0.3 is 5.97 Å². The number of nitrogens with zero attached hydrogens (tertiary/aromatic N) is 3. The molecule has 0 saturated heterocycles. The van der Waals surface area contributed by atoms with Gasteiger partial charge in [0, 0.05) is 28.5 Å². The van der Waals surface area contributed by atoms with Crippen LogP contribution in [0.3, 0.4) is 0 Å². The summed E-state index contributed by atoms with van der Waals surface area (Å²) in [5.74, 6) is -0.670. The van der Waals surface area contributed by atoms with Crippen molar-refractivity contribution in [3.63, 3.8) is 0 Å². The van der Waals surface area contributed by atoms with E-state index in [-0.39, 0.29) is 21.0 Å². The lowest BCUT2D eigenvalue weighted by molar-refractivity contribution is -0.162. The highest BCUT2D eigenvalue weighted by Crippen LogP contribution is 2.72. The largest absolute Gasteiger partial charge is 0.392 e. The summed E-state index contributed by atoms with van der Waals surface area (Å²) in [5, 5.41) is 18.6. The summed E-state index contributed by atoms with van der Waals surface area (Å²) in [6, 6.07) is 0. The molecule has 7 nitrogen and oxygen atoms in total. The first kappa shape index (κ1) is 20.4. The number of aromatic nitrogens is 3. The van der Waals surface area contributed by atoms with Crippen molar-refractivity contribution in [3.05, 3.63) is 35.7 Å². The first-order chi connectivity index (χ1) is 14.2. The summed E-state index contributed by atoms with van der Waals surface area (Å²) < 4.78 is -0.110. The van der Waals surface area contributed by atoms with E-state index < -0.39 is 23.4 Å². The van der Waals surface area contributed by atoms with E-state index in [9.17, 15) is 14.7 Å². The molecule has 1 N–H and O–H groups in total. The number of allylic oxidation sites excluding steroid dienone is 2. The molecular formula is C22H26IN3O4. The third-order valence-corrected chi connectivity index (χ3v) is 9.58. The standard InChI is InChI=1S/C22H26IN3O4/c1-11-8-22-9-13(11)4-6-15(22)14-5-7-16(27)21(3,20(23)29)17(14)18(22)19(28)30-26-12(2)10-24-25-26/h5,10,13,15-18,27H,1,4,6-9H2,2-3H3/t13-,15+,16+,17?,18-,21-,22+/m1/s1. The van der Waals surface area contributed by atoms with Gasteiger partial charge < -0.3 is 9.94 Å². The molecule has 4 aliphatic rings. The highest BCUT2D eigenvalue weighted by Gasteiger charge is 2.70. The fraction of sp³-hybridized carbons (Fsp3) is 0.636. The number of hydrogen-bond acceptors (Lipinski definition) is 6. The van der Waals surface area contributed by atoms with Crippen LogP contribution in [-0.2, 0) is 9.59 Å². The van der Waals surface area contributed by atoms with Crippen LogP contribution in [0.1, 0.15) is 44.7 Å². The average molecular weight is 523 g/mol. The molecule has 0 aromatic carbocycles. The van der Waals surface area contributed by atoms with Gasteiger partial charge in [0.25, 0.3) is 0 Å². The van der Waals surface area contributed by atoms with E-state index in [1.807, 2.05) is 6.92 Å². The van der Waals surface area contributed by atoms with Gasteiger partial charge in [-0.05, 0) is 68.4 Å². The average Bonchev–Trinajstić information content (AvgIpc) is 3.30. The van der Waals surface area contributed by atoms with Crippen LogP contribution < -0.4 is 4.84 Å². The molecular weight excluding hydrogens is 497 g/mol. The Balaban J connectivity index is 1.66. The number of halogens is 1. The van der Waals surface area contributed by atoms with E-state index >= 15 is 0 Å². The van der Waals surface area contributed by atoms with Crippen molar-refractivity contribution in [2.75, 3.05) is 0 Å². The number of carbonyl (C=O) groups is 2. The van der Waals surface area contributed by atoms with Gasteiger partial charge in [0.05, 0.1) is 29.3 Å². The first-order valence-corrected chi connectivity index (χ1v) is 11.6. The SMILES string of the molecule is C=C1C[C@]23C[C@H]1CC[C@H]2C1=CC[C@H](O)[C@@](C)(C(=O)I)C1[C@@H]3C(=O)On1nncc1C. The molecule has 3 saturated carbocycles.